The molecule has 14 heavy (non-hydrogen) atoms. The highest BCUT2D eigenvalue weighted by Crippen LogP contribution is 2.22. The van der Waals surface area contributed by atoms with Crippen LogP contribution in [0.1, 0.15) is 24.8 Å². The van der Waals surface area contributed by atoms with Crippen molar-refractivity contribution >= 4 is 24.4 Å². The Kier molecular flexibility index (Phi) is 6.20. The smallest absolute Gasteiger partial charge is 0.00172 e. The van der Waals surface area contributed by atoms with Gasteiger partial charge in [-0.2, -0.15) is 24.4 Å². The second kappa shape index (κ2) is 7.24. The van der Waals surface area contributed by atoms with E-state index in [1.165, 1.54) is 23.5 Å². The molecule has 1 atom stereocenters. The van der Waals surface area contributed by atoms with Gasteiger partial charge in [-0.3, -0.25) is 0 Å². The molecule has 1 aromatic carbocycles. The number of hydrogen-bond acceptors (Lipinski definition) is 2. The minimum Gasteiger partial charge on any atom is -0.179 e. The van der Waals surface area contributed by atoms with Crippen LogP contribution in [0.3, 0.4) is 0 Å². The van der Waals surface area contributed by atoms with Gasteiger partial charge in [0.05, 0.1) is 0 Å². The van der Waals surface area contributed by atoms with Crippen molar-refractivity contribution < 1.29 is 0 Å². The van der Waals surface area contributed by atoms with Crippen molar-refractivity contribution in [1.82, 2.24) is 0 Å². The van der Waals surface area contributed by atoms with Crippen LogP contribution in [0.5, 0.6) is 0 Å². The van der Waals surface area contributed by atoms with Crippen molar-refractivity contribution in [2.75, 3.05) is 17.3 Å². The first-order chi connectivity index (χ1) is 6.88. The molecule has 2 heteroatoms. The van der Waals surface area contributed by atoms with Crippen molar-refractivity contribution in [3.8, 4) is 0 Å². The molecular weight excluding hydrogens is 208 g/mol. The van der Waals surface area contributed by atoms with Crippen LogP contribution < -0.4 is 0 Å². The van der Waals surface area contributed by atoms with Crippen LogP contribution in [0.25, 0.3) is 0 Å². The molecule has 0 saturated carbocycles. The zero-order valence-electron chi connectivity index (χ0n) is 8.65. The third kappa shape index (κ3) is 3.97. The van der Waals surface area contributed by atoms with E-state index in [4.69, 9.17) is 0 Å². The molecule has 0 heterocycles. The molecule has 0 fully saturated rings. The quantitative estimate of drug-likeness (QED) is 0.568. The second-order valence-corrected chi connectivity index (χ2v) is 4.88. The second-order valence-electron chi connectivity index (χ2n) is 3.37. The molecule has 1 aromatic rings. The van der Waals surface area contributed by atoms with E-state index in [0.717, 1.165) is 5.75 Å². The topological polar surface area (TPSA) is 0 Å². The van der Waals surface area contributed by atoms with Gasteiger partial charge in [0.15, 0.2) is 0 Å². The van der Waals surface area contributed by atoms with Crippen molar-refractivity contribution in [1.29, 1.82) is 0 Å². The molecule has 0 aliphatic carbocycles. The Morgan fingerprint density at radius 2 is 2.00 bits per heavy atom. The van der Waals surface area contributed by atoms with Gasteiger partial charge in [0, 0.05) is 11.7 Å². The highest BCUT2D eigenvalue weighted by Gasteiger charge is 2.08. The summed E-state index contributed by atoms with van der Waals surface area (Å²) in [6, 6.07) is 10.7. The van der Waals surface area contributed by atoms with Gasteiger partial charge in [-0.25, -0.2) is 0 Å². The van der Waals surface area contributed by atoms with E-state index in [9.17, 15) is 0 Å². The van der Waals surface area contributed by atoms with Gasteiger partial charge in [-0.15, -0.1) is 0 Å². The number of thioether (sulfide) groups is 1. The Bertz CT molecular complexity index is 233. The minimum atomic E-state index is 0.607. The van der Waals surface area contributed by atoms with Crippen LogP contribution in [0, 0.1) is 0 Å². The molecule has 78 valence electrons. The van der Waals surface area contributed by atoms with E-state index >= 15 is 0 Å². The standard InChI is InChI=1S/C12H18S2/c1-2-8-14-10-12(9-13)11-6-4-3-5-7-11/h3-7,12-13H,2,8-10H2,1H3. The summed E-state index contributed by atoms with van der Waals surface area (Å²) < 4.78 is 0. The maximum absolute atomic E-state index is 4.42. The summed E-state index contributed by atoms with van der Waals surface area (Å²) in [6.07, 6.45) is 1.26. The maximum atomic E-state index is 4.42. The molecule has 0 spiro atoms. The zero-order chi connectivity index (χ0) is 10.2. The summed E-state index contributed by atoms with van der Waals surface area (Å²) in [6.45, 7) is 2.23. The highest BCUT2D eigenvalue weighted by atomic mass is 32.2. The monoisotopic (exact) mass is 226 g/mol. The lowest BCUT2D eigenvalue weighted by Gasteiger charge is -2.13. The predicted octanol–water partition coefficient (Wildman–Crippen LogP) is 3.84. The number of rotatable bonds is 6. The lowest BCUT2D eigenvalue weighted by molar-refractivity contribution is 0.896. The van der Waals surface area contributed by atoms with E-state index in [-0.39, 0.29) is 0 Å². The molecule has 0 aliphatic heterocycles. The first-order valence-corrected chi connectivity index (χ1v) is 6.90. The SMILES string of the molecule is CCCSCC(CS)c1ccccc1. The fourth-order valence-electron chi connectivity index (χ4n) is 1.35. The van der Waals surface area contributed by atoms with Crippen LogP contribution in [0.15, 0.2) is 30.3 Å². The summed E-state index contributed by atoms with van der Waals surface area (Å²) >= 11 is 6.45. The molecule has 0 radical (unpaired) electrons. The first kappa shape index (κ1) is 12.0. The van der Waals surface area contributed by atoms with Crippen LogP contribution in [-0.4, -0.2) is 17.3 Å². The lowest BCUT2D eigenvalue weighted by atomic mass is 10.0. The van der Waals surface area contributed by atoms with E-state index in [1.54, 1.807) is 0 Å². The number of benzene rings is 1. The van der Waals surface area contributed by atoms with Crippen LogP contribution >= 0.6 is 24.4 Å². The summed E-state index contributed by atoms with van der Waals surface area (Å²) in [5, 5.41) is 0. The van der Waals surface area contributed by atoms with Crippen molar-refractivity contribution in [2.45, 2.75) is 19.3 Å². The molecule has 0 bridgehead atoms. The van der Waals surface area contributed by atoms with Gasteiger partial charge in [0.2, 0.25) is 0 Å². The Morgan fingerprint density at radius 1 is 1.29 bits per heavy atom. The Hall–Kier alpha value is -0.0800. The molecule has 0 nitrogen and oxygen atoms in total. The molecule has 0 saturated heterocycles. The number of hydrogen-bond donors (Lipinski definition) is 1. The van der Waals surface area contributed by atoms with E-state index in [2.05, 4.69) is 49.9 Å². The number of thiol groups is 1. The van der Waals surface area contributed by atoms with Gasteiger partial charge in [0.25, 0.3) is 0 Å². The average Bonchev–Trinajstić information content (AvgIpc) is 2.26. The van der Waals surface area contributed by atoms with Gasteiger partial charge in [0.1, 0.15) is 0 Å². The molecule has 0 aliphatic rings. The normalized spacial score (nSPS) is 12.7. The van der Waals surface area contributed by atoms with E-state index in [1.807, 2.05) is 11.8 Å². The predicted molar refractivity (Wildman–Crippen MR) is 70.7 cm³/mol. The molecule has 1 rings (SSSR count). The lowest BCUT2D eigenvalue weighted by Crippen LogP contribution is -2.04. The molecule has 0 amide bonds. The summed E-state index contributed by atoms with van der Waals surface area (Å²) in [5.74, 6) is 4.01. The maximum Gasteiger partial charge on any atom is 0.00172 e. The fraction of sp³-hybridized carbons (Fsp3) is 0.500. The molecule has 0 aromatic heterocycles. The Balaban J connectivity index is 2.46. The van der Waals surface area contributed by atoms with E-state index < -0.39 is 0 Å². The third-order valence-corrected chi connectivity index (χ3v) is 3.93. The Labute approximate surface area is 96.9 Å². The van der Waals surface area contributed by atoms with E-state index in [0.29, 0.717) is 5.92 Å². The van der Waals surface area contributed by atoms with Crippen LogP contribution in [0.4, 0.5) is 0 Å². The van der Waals surface area contributed by atoms with Crippen LogP contribution in [-0.2, 0) is 0 Å². The van der Waals surface area contributed by atoms with Gasteiger partial charge < -0.3 is 0 Å². The summed E-state index contributed by atoms with van der Waals surface area (Å²) in [4.78, 5) is 0. The largest absolute Gasteiger partial charge is 0.179 e. The van der Waals surface area contributed by atoms with Gasteiger partial charge in [-0.1, -0.05) is 37.3 Å². The van der Waals surface area contributed by atoms with Gasteiger partial charge in [-0.05, 0) is 23.5 Å². The van der Waals surface area contributed by atoms with Crippen molar-refractivity contribution in [2.24, 2.45) is 0 Å². The molecular formula is C12H18S2. The Morgan fingerprint density at radius 3 is 2.57 bits per heavy atom. The zero-order valence-corrected chi connectivity index (χ0v) is 10.4. The van der Waals surface area contributed by atoms with Crippen molar-refractivity contribution in [3.05, 3.63) is 35.9 Å². The highest BCUT2D eigenvalue weighted by molar-refractivity contribution is 7.99. The fourth-order valence-corrected chi connectivity index (χ4v) is 2.91. The molecule has 0 N–H and O–H groups in total. The van der Waals surface area contributed by atoms with Crippen molar-refractivity contribution in [3.63, 3.8) is 0 Å². The van der Waals surface area contributed by atoms with Crippen LogP contribution in [0.2, 0.25) is 0 Å². The first-order valence-electron chi connectivity index (χ1n) is 5.12. The summed E-state index contributed by atoms with van der Waals surface area (Å²) in [7, 11) is 0. The summed E-state index contributed by atoms with van der Waals surface area (Å²) in [5.41, 5.74) is 1.42. The average molecular weight is 226 g/mol. The van der Waals surface area contributed by atoms with Gasteiger partial charge >= 0.3 is 0 Å². The molecule has 1 unspecified atom stereocenters. The third-order valence-electron chi connectivity index (χ3n) is 2.16. The minimum absolute atomic E-state index is 0.607.